The largest absolute Gasteiger partial charge is 0.481 e. The second kappa shape index (κ2) is 4.83. The number of nitrogens with one attached hydrogen (secondary N) is 1. The average molecular weight is 299 g/mol. The Bertz CT molecular complexity index is 709. The van der Waals surface area contributed by atoms with Gasteiger partial charge in [0, 0.05) is 25.9 Å². The molecule has 3 atom stereocenters. The highest BCUT2D eigenvalue weighted by atomic mass is 16.4. The smallest absolute Gasteiger partial charge is 0.307 e. The number of carbonyl (C=O) groups is 2. The zero-order valence-electron chi connectivity index (χ0n) is 12.0. The number of fused-ring (bicyclic) bond motifs is 2. The van der Waals surface area contributed by atoms with Gasteiger partial charge in [-0.15, -0.1) is 0 Å². The molecule has 1 aliphatic heterocycles. The number of piperidine rings is 1. The summed E-state index contributed by atoms with van der Waals surface area (Å²) >= 11 is 0. The Morgan fingerprint density at radius 3 is 2.68 bits per heavy atom. The van der Waals surface area contributed by atoms with E-state index in [4.69, 9.17) is 5.11 Å². The van der Waals surface area contributed by atoms with Gasteiger partial charge in [0.05, 0.1) is 17.0 Å². The Morgan fingerprint density at radius 2 is 2.00 bits per heavy atom. The number of amides is 1. The summed E-state index contributed by atoms with van der Waals surface area (Å²) < 4.78 is 0. The number of likely N-dealkylation sites (tertiary alicyclic amines) is 1. The number of aromatic amines is 1. The molecule has 2 N–H and O–H groups in total. The minimum atomic E-state index is -0.718. The number of aromatic nitrogens is 2. The summed E-state index contributed by atoms with van der Waals surface area (Å²) in [5.74, 6) is 0.322. The Morgan fingerprint density at radius 1 is 1.27 bits per heavy atom. The molecular formula is C16H17N3O3. The fraction of sp³-hybridized carbons (Fsp3) is 0.438. The van der Waals surface area contributed by atoms with Crippen molar-refractivity contribution in [2.24, 2.45) is 17.8 Å². The van der Waals surface area contributed by atoms with Gasteiger partial charge in [0.25, 0.3) is 0 Å². The number of imidazole rings is 1. The van der Waals surface area contributed by atoms with Gasteiger partial charge in [0.2, 0.25) is 5.91 Å². The summed E-state index contributed by atoms with van der Waals surface area (Å²) in [6, 6.07) is 7.79. The molecule has 114 valence electrons. The molecule has 1 amide bonds. The van der Waals surface area contributed by atoms with Crippen LogP contribution >= 0.6 is 0 Å². The zero-order valence-corrected chi connectivity index (χ0v) is 12.0. The minimum absolute atomic E-state index is 0.0943. The predicted octanol–water partition coefficient (Wildman–Crippen LogP) is 1.28. The summed E-state index contributed by atoms with van der Waals surface area (Å²) in [5, 5.41) is 8.99. The zero-order chi connectivity index (χ0) is 15.3. The van der Waals surface area contributed by atoms with Gasteiger partial charge in [-0.2, -0.15) is 0 Å². The standard InChI is InChI=1S/C16H17N3O3/c20-14(19-7-9-10(8-19)15(9)16(21)22)6-5-13-17-11-3-1-2-4-12(11)18-13/h1-4,9-10,15H,5-8H2,(H,17,18)(H,21,22)/t9-,10+,15?. The maximum absolute atomic E-state index is 12.2. The first-order valence-corrected chi connectivity index (χ1v) is 7.57. The Balaban J connectivity index is 1.33. The molecule has 2 aliphatic rings. The number of para-hydroxylation sites is 2. The quantitative estimate of drug-likeness (QED) is 0.890. The van der Waals surface area contributed by atoms with Crippen LogP contribution in [0.4, 0.5) is 0 Å². The fourth-order valence-electron chi connectivity index (χ4n) is 3.60. The van der Waals surface area contributed by atoms with Crippen molar-refractivity contribution in [3.63, 3.8) is 0 Å². The Hall–Kier alpha value is -2.37. The molecule has 6 heteroatoms. The third kappa shape index (κ3) is 2.15. The van der Waals surface area contributed by atoms with Crippen molar-refractivity contribution in [2.45, 2.75) is 12.8 Å². The van der Waals surface area contributed by atoms with Crippen LogP contribution in [0, 0.1) is 17.8 Å². The molecule has 1 aliphatic carbocycles. The highest BCUT2D eigenvalue weighted by Gasteiger charge is 2.60. The molecule has 1 aromatic heterocycles. The van der Waals surface area contributed by atoms with E-state index in [-0.39, 0.29) is 23.7 Å². The van der Waals surface area contributed by atoms with E-state index in [9.17, 15) is 9.59 Å². The lowest BCUT2D eigenvalue weighted by Gasteiger charge is -2.18. The number of aryl methyl sites for hydroxylation is 1. The number of carboxylic acid groups (broad SMARTS) is 1. The van der Waals surface area contributed by atoms with Crippen LogP contribution in [0.5, 0.6) is 0 Å². The van der Waals surface area contributed by atoms with Crippen LogP contribution in [-0.4, -0.2) is 44.9 Å². The normalized spacial score (nSPS) is 26.2. The summed E-state index contributed by atoms with van der Waals surface area (Å²) in [6.07, 6.45) is 0.999. The van der Waals surface area contributed by atoms with Crippen LogP contribution in [0.1, 0.15) is 12.2 Å². The molecular weight excluding hydrogens is 282 g/mol. The van der Waals surface area contributed by atoms with Crippen molar-refractivity contribution in [1.82, 2.24) is 14.9 Å². The highest BCUT2D eigenvalue weighted by Crippen LogP contribution is 2.51. The number of rotatable bonds is 4. The van der Waals surface area contributed by atoms with Crippen molar-refractivity contribution in [3.05, 3.63) is 30.1 Å². The number of hydrogen-bond donors (Lipinski definition) is 2. The van der Waals surface area contributed by atoms with Crippen LogP contribution in [0.25, 0.3) is 11.0 Å². The molecule has 1 unspecified atom stereocenters. The number of H-pyrrole nitrogens is 1. The Kier molecular flexibility index (Phi) is 2.92. The first-order chi connectivity index (χ1) is 10.6. The SMILES string of the molecule is O=C(O)C1[C@H]2CN(C(=O)CCc3nc4ccccc4[nH]3)C[C@@H]12. The molecule has 4 rings (SSSR count). The molecule has 2 aromatic rings. The first-order valence-electron chi connectivity index (χ1n) is 7.57. The Labute approximate surface area is 127 Å². The summed E-state index contributed by atoms with van der Waals surface area (Å²) in [5.41, 5.74) is 1.90. The van der Waals surface area contributed by atoms with Crippen LogP contribution in [0.3, 0.4) is 0 Å². The minimum Gasteiger partial charge on any atom is -0.481 e. The number of nitrogens with zero attached hydrogens (tertiary/aromatic N) is 2. The van der Waals surface area contributed by atoms with Gasteiger partial charge < -0.3 is 15.0 Å². The summed E-state index contributed by atoms with van der Waals surface area (Å²) in [7, 11) is 0. The van der Waals surface area contributed by atoms with Crippen molar-refractivity contribution in [3.8, 4) is 0 Å². The van der Waals surface area contributed by atoms with Crippen LogP contribution in [-0.2, 0) is 16.0 Å². The number of aliphatic carboxylic acids is 1. The second-order valence-electron chi connectivity index (χ2n) is 6.19. The van der Waals surface area contributed by atoms with E-state index in [1.54, 1.807) is 4.90 Å². The maximum atomic E-state index is 12.2. The molecule has 2 heterocycles. The summed E-state index contributed by atoms with van der Waals surface area (Å²) in [6.45, 7) is 1.20. The van der Waals surface area contributed by atoms with E-state index in [2.05, 4.69) is 9.97 Å². The van der Waals surface area contributed by atoms with Gasteiger partial charge in [-0.05, 0) is 24.0 Å². The van der Waals surface area contributed by atoms with Crippen molar-refractivity contribution < 1.29 is 14.7 Å². The average Bonchev–Trinajstić information content (AvgIpc) is 2.88. The van der Waals surface area contributed by atoms with Crippen LogP contribution in [0.2, 0.25) is 0 Å². The van der Waals surface area contributed by atoms with Crippen LogP contribution < -0.4 is 0 Å². The molecule has 1 saturated heterocycles. The van der Waals surface area contributed by atoms with E-state index in [0.29, 0.717) is 25.9 Å². The number of carbonyl (C=O) groups excluding carboxylic acids is 1. The van der Waals surface area contributed by atoms with E-state index in [1.165, 1.54) is 0 Å². The van der Waals surface area contributed by atoms with Gasteiger partial charge in [0.15, 0.2) is 0 Å². The molecule has 1 aromatic carbocycles. The van der Waals surface area contributed by atoms with Gasteiger partial charge in [0.1, 0.15) is 5.82 Å². The number of hydrogen-bond acceptors (Lipinski definition) is 3. The molecule has 22 heavy (non-hydrogen) atoms. The predicted molar refractivity (Wildman–Crippen MR) is 79.1 cm³/mol. The molecule has 0 spiro atoms. The fourth-order valence-corrected chi connectivity index (χ4v) is 3.60. The van der Waals surface area contributed by atoms with Crippen LogP contribution in [0.15, 0.2) is 24.3 Å². The number of carboxylic acids is 1. The first kappa shape index (κ1) is 13.3. The lowest BCUT2D eigenvalue weighted by Crippen LogP contribution is -2.32. The van der Waals surface area contributed by atoms with E-state index < -0.39 is 5.97 Å². The van der Waals surface area contributed by atoms with Crippen molar-refractivity contribution in [1.29, 1.82) is 0 Å². The lowest BCUT2D eigenvalue weighted by atomic mass is 10.2. The maximum Gasteiger partial charge on any atom is 0.307 e. The molecule has 0 radical (unpaired) electrons. The third-order valence-electron chi connectivity index (χ3n) is 4.85. The van der Waals surface area contributed by atoms with E-state index in [1.807, 2.05) is 24.3 Å². The van der Waals surface area contributed by atoms with Crippen molar-refractivity contribution >= 4 is 22.9 Å². The van der Waals surface area contributed by atoms with E-state index >= 15 is 0 Å². The van der Waals surface area contributed by atoms with Gasteiger partial charge in [-0.3, -0.25) is 9.59 Å². The third-order valence-corrected chi connectivity index (χ3v) is 4.85. The molecule has 1 saturated carbocycles. The van der Waals surface area contributed by atoms with Gasteiger partial charge in [-0.1, -0.05) is 12.1 Å². The topological polar surface area (TPSA) is 86.3 Å². The molecule has 2 fully saturated rings. The molecule has 0 bridgehead atoms. The van der Waals surface area contributed by atoms with Gasteiger partial charge in [-0.25, -0.2) is 4.98 Å². The monoisotopic (exact) mass is 299 g/mol. The highest BCUT2D eigenvalue weighted by molar-refractivity contribution is 5.80. The number of benzene rings is 1. The summed E-state index contributed by atoms with van der Waals surface area (Å²) in [4.78, 5) is 32.6. The molecule has 6 nitrogen and oxygen atoms in total. The van der Waals surface area contributed by atoms with Gasteiger partial charge >= 0.3 is 5.97 Å². The lowest BCUT2D eigenvalue weighted by molar-refractivity contribution is -0.141. The van der Waals surface area contributed by atoms with Crippen molar-refractivity contribution in [2.75, 3.05) is 13.1 Å². The van der Waals surface area contributed by atoms with E-state index in [0.717, 1.165) is 16.9 Å². The second-order valence-corrected chi connectivity index (χ2v) is 6.19.